The van der Waals surface area contributed by atoms with Gasteiger partial charge >= 0.3 is 5.97 Å². The molecule has 1 heterocycles. The lowest BCUT2D eigenvalue weighted by atomic mass is 10.3. The molecule has 90 valence electrons. The van der Waals surface area contributed by atoms with E-state index in [0.717, 1.165) is 0 Å². The van der Waals surface area contributed by atoms with Crippen molar-refractivity contribution in [3.63, 3.8) is 0 Å². The molecule has 7 heteroatoms. The van der Waals surface area contributed by atoms with Crippen LogP contribution >= 0.6 is 0 Å². The zero-order valence-electron chi connectivity index (χ0n) is 9.08. The SMILES string of the molecule is CCOC(=O)/C(=N/O)NC(=O)c1ccccn1. The Labute approximate surface area is 97.1 Å². The van der Waals surface area contributed by atoms with E-state index in [1.54, 1.807) is 19.1 Å². The van der Waals surface area contributed by atoms with Crippen LogP contribution in [0.3, 0.4) is 0 Å². The first-order valence-corrected chi connectivity index (χ1v) is 4.80. The summed E-state index contributed by atoms with van der Waals surface area (Å²) >= 11 is 0. The van der Waals surface area contributed by atoms with Crippen molar-refractivity contribution in [3.05, 3.63) is 30.1 Å². The number of nitrogens with one attached hydrogen (secondary N) is 1. The number of nitrogens with zero attached hydrogens (tertiary/aromatic N) is 2. The van der Waals surface area contributed by atoms with E-state index in [1.165, 1.54) is 12.3 Å². The highest BCUT2D eigenvalue weighted by Crippen LogP contribution is 1.93. The van der Waals surface area contributed by atoms with Crippen LogP contribution in [0.15, 0.2) is 29.6 Å². The summed E-state index contributed by atoms with van der Waals surface area (Å²) in [5.74, 6) is -2.16. The molecule has 1 amide bonds. The van der Waals surface area contributed by atoms with Crippen molar-refractivity contribution in [2.24, 2.45) is 5.16 Å². The Bertz CT molecular complexity index is 430. The van der Waals surface area contributed by atoms with Crippen molar-refractivity contribution in [1.29, 1.82) is 0 Å². The largest absolute Gasteiger partial charge is 0.460 e. The molecule has 0 unspecified atom stereocenters. The number of carbonyl (C=O) groups excluding carboxylic acids is 2. The van der Waals surface area contributed by atoms with Crippen LogP contribution in [0.4, 0.5) is 0 Å². The van der Waals surface area contributed by atoms with E-state index in [2.05, 4.69) is 20.2 Å². The van der Waals surface area contributed by atoms with E-state index in [1.807, 2.05) is 0 Å². The maximum atomic E-state index is 11.5. The Hall–Kier alpha value is -2.44. The average Bonchev–Trinajstić information content (AvgIpc) is 2.37. The minimum atomic E-state index is -0.917. The van der Waals surface area contributed by atoms with Gasteiger partial charge in [-0.15, -0.1) is 0 Å². The molecule has 1 rings (SSSR count). The monoisotopic (exact) mass is 237 g/mol. The van der Waals surface area contributed by atoms with Crippen LogP contribution < -0.4 is 5.32 Å². The second-order valence-corrected chi connectivity index (χ2v) is 2.84. The molecular weight excluding hydrogens is 226 g/mol. The van der Waals surface area contributed by atoms with Crippen molar-refractivity contribution < 1.29 is 19.5 Å². The molecule has 0 aliphatic rings. The lowest BCUT2D eigenvalue weighted by molar-refractivity contribution is -0.135. The van der Waals surface area contributed by atoms with E-state index in [9.17, 15) is 9.59 Å². The van der Waals surface area contributed by atoms with Crippen LogP contribution in [-0.4, -0.2) is 34.5 Å². The molecule has 0 fully saturated rings. The van der Waals surface area contributed by atoms with E-state index in [0.29, 0.717) is 0 Å². The molecule has 0 aliphatic carbocycles. The van der Waals surface area contributed by atoms with Gasteiger partial charge in [-0.2, -0.15) is 0 Å². The molecule has 0 saturated heterocycles. The first-order valence-electron chi connectivity index (χ1n) is 4.80. The van der Waals surface area contributed by atoms with Crippen LogP contribution in [-0.2, 0) is 9.53 Å². The van der Waals surface area contributed by atoms with Crippen molar-refractivity contribution in [2.75, 3.05) is 6.61 Å². The summed E-state index contributed by atoms with van der Waals surface area (Å²) < 4.78 is 4.57. The van der Waals surface area contributed by atoms with Crippen molar-refractivity contribution in [1.82, 2.24) is 10.3 Å². The highest BCUT2D eigenvalue weighted by atomic mass is 16.5. The Balaban J connectivity index is 2.71. The maximum absolute atomic E-state index is 11.5. The number of esters is 1. The average molecular weight is 237 g/mol. The molecule has 7 nitrogen and oxygen atoms in total. The van der Waals surface area contributed by atoms with Gasteiger partial charge in [0.15, 0.2) is 0 Å². The van der Waals surface area contributed by atoms with Gasteiger partial charge in [0.25, 0.3) is 11.7 Å². The number of hydrogen-bond donors (Lipinski definition) is 2. The van der Waals surface area contributed by atoms with Gasteiger partial charge in [0, 0.05) is 6.20 Å². The third kappa shape index (κ3) is 3.56. The molecule has 0 bridgehead atoms. The Kier molecular flexibility index (Phi) is 4.61. The Morgan fingerprint density at radius 2 is 2.29 bits per heavy atom. The number of pyridine rings is 1. The number of rotatable bonds is 2. The van der Waals surface area contributed by atoms with Crippen LogP contribution in [0.2, 0.25) is 0 Å². The van der Waals surface area contributed by atoms with Crippen LogP contribution in [0.1, 0.15) is 17.4 Å². The van der Waals surface area contributed by atoms with Crippen LogP contribution in [0, 0.1) is 0 Å². The van der Waals surface area contributed by atoms with E-state index >= 15 is 0 Å². The Morgan fingerprint density at radius 3 is 2.82 bits per heavy atom. The Morgan fingerprint density at radius 1 is 1.53 bits per heavy atom. The number of amidine groups is 1. The predicted molar refractivity (Wildman–Crippen MR) is 57.6 cm³/mol. The number of carbonyl (C=O) groups is 2. The zero-order valence-corrected chi connectivity index (χ0v) is 9.08. The van der Waals surface area contributed by atoms with Gasteiger partial charge < -0.3 is 9.94 Å². The van der Waals surface area contributed by atoms with Gasteiger partial charge in [0.05, 0.1) is 6.61 Å². The first kappa shape index (κ1) is 12.6. The number of hydrogen-bond acceptors (Lipinski definition) is 6. The van der Waals surface area contributed by atoms with Crippen LogP contribution in [0.25, 0.3) is 0 Å². The smallest absolute Gasteiger partial charge is 0.377 e. The summed E-state index contributed by atoms with van der Waals surface area (Å²) in [4.78, 5) is 26.5. The molecule has 17 heavy (non-hydrogen) atoms. The molecular formula is C10H11N3O4. The van der Waals surface area contributed by atoms with E-state index in [-0.39, 0.29) is 12.3 Å². The predicted octanol–water partition coefficient (Wildman–Crippen LogP) is 0.162. The summed E-state index contributed by atoms with van der Waals surface area (Å²) in [6.45, 7) is 1.70. The van der Waals surface area contributed by atoms with E-state index in [4.69, 9.17) is 5.21 Å². The maximum Gasteiger partial charge on any atom is 0.377 e. The molecule has 0 saturated carbocycles. The number of aromatic nitrogens is 1. The summed E-state index contributed by atoms with van der Waals surface area (Å²) in [5, 5.41) is 13.3. The van der Waals surface area contributed by atoms with Crippen LogP contribution in [0.5, 0.6) is 0 Å². The molecule has 0 radical (unpaired) electrons. The highest BCUT2D eigenvalue weighted by molar-refractivity contribution is 6.38. The van der Waals surface area contributed by atoms with Gasteiger partial charge in [-0.3, -0.25) is 15.1 Å². The highest BCUT2D eigenvalue weighted by Gasteiger charge is 2.18. The fourth-order valence-corrected chi connectivity index (χ4v) is 0.985. The normalized spacial score (nSPS) is 10.8. The lowest BCUT2D eigenvalue weighted by Gasteiger charge is -2.05. The summed E-state index contributed by atoms with van der Waals surface area (Å²) in [6.07, 6.45) is 1.43. The van der Waals surface area contributed by atoms with Gasteiger partial charge in [0.1, 0.15) is 5.69 Å². The third-order valence-electron chi connectivity index (χ3n) is 1.70. The molecule has 2 N–H and O–H groups in total. The third-order valence-corrected chi connectivity index (χ3v) is 1.70. The van der Waals surface area contributed by atoms with Crippen molar-refractivity contribution in [2.45, 2.75) is 6.92 Å². The second-order valence-electron chi connectivity index (χ2n) is 2.84. The fourth-order valence-electron chi connectivity index (χ4n) is 0.985. The molecule has 0 aromatic carbocycles. The quantitative estimate of drug-likeness (QED) is 0.251. The van der Waals surface area contributed by atoms with Crippen molar-refractivity contribution >= 4 is 17.7 Å². The second kappa shape index (κ2) is 6.21. The fraction of sp³-hybridized carbons (Fsp3) is 0.200. The summed E-state index contributed by atoms with van der Waals surface area (Å²) in [7, 11) is 0. The lowest BCUT2D eigenvalue weighted by Crippen LogP contribution is -2.37. The standard InChI is InChI=1S/C10H11N3O4/c1-2-17-10(15)8(13-16)12-9(14)7-5-3-4-6-11-7/h3-6,16H,2H2,1H3,(H,12,13,14). The van der Waals surface area contributed by atoms with Gasteiger partial charge in [-0.25, -0.2) is 4.79 Å². The summed E-state index contributed by atoms with van der Waals surface area (Å²) in [5.41, 5.74) is 0.0953. The number of ether oxygens (including phenoxy) is 1. The first-order chi connectivity index (χ1) is 8.19. The molecule has 1 aromatic heterocycles. The van der Waals surface area contributed by atoms with Crippen molar-refractivity contribution in [3.8, 4) is 0 Å². The minimum Gasteiger partial charge on any atom is -0.460 e. The molecule has 0 spiro atoms. The van der Waals surface area contributed by atoms with Gasteiger partial charge in [0.2, 0.25) is 0 Å². The number of amides is 1. The van der Waals surface area contributed by atoms with Gasteiger partial charge in [-0.1, -0.05) is 11.2 Å². The molecule has 1 aromatic rings. The number of oxime groups is 1. The van der Waals surface area contributed by atoms with E-state index < -0.39 is 17.7 Å². The zero-order chi connectivity index (χ0) is 12.7. The topological polar surface area (TPSA) is 101 Å². The molecule has 0 aliphatic heterocycles. The summed E-state index contributed by atoms with van der Waals surface area (Å²) in [6, 6.07) is 4.71. The van der Waals surface area contributed by atoms with Gasteiger partial charge in [-0.05, 0) is 19.1 Å². The minimum absolute atomic E-state index is 0.0953. The molecule has 0 atom stereocenters.